The summed E-state index contributed by atoms with van der Waals surface area (Å²) in [5.74, 6) is 0.269. The number of halogens is 1. The van der Waals surface area contributed by atoms with Crippen molar-refractivity contribution in [3.05, 3.63) is 86.7 Å². The summed E-state index contributed by atoms with van der Waals surface area (Å²) in [4.78, 5) is 18.6. The van der Waals surface area contributed by atoms with E-state index in [0.717, 1.165) is 27.6 Å². The topological polar surface area (TPSA) is 88.9 Å². The molecule has 0 unspecified atom stereocenters. The molecule has 0 amide bonds. The van der Waals surface area contributed by atoms with Gasteiger partial charge in [-0.3, -0.25) is 9.69 Å². The average Bonchev–Trinajstić information content (AvgIpc) is 3.27. The van der Waals surface area contributed by atoms with Gasteiger partial charge in [0.05, 0.1) is 25.3 Å². The first-order chi connectivity index (χ1) is 16.0. The van der Waals surface area contributed by atoms with E-state index in [1.54, 1.807) is 16.8 Å². The zero-order valence-electron chi connectivity index (χ0n) is 18.6. The van der Waals surface area contributed by atoms with Crippen LogP contribution in [0.15, 0.2) is 47.3 Å². The van der Waals surface area contributed by atoms with Crippen molar-refractivity contribution in [3.63, 3.8) is 0 Å². The number of aromatic nitrogens is 5. The molecule has 2 aromatic heterocycles. The van der Waals surface area contributed by atoms with Crippen LogP contribution in [0.1, 0.15) is 34.1 Å². The maximum absolute atomic E-state index is 13.4. The number of ether oxygens (including phenoxy) is 1. The van der Waals surface area contributed by atoms with E-state index < -0.39 is 6.04 Å². The number of pyridine rings is 1. The fourth-order valence-corrected chi connectivity index (χ4v) is 4.36. The Hall–Kier alpha value is -3.43. The summed E-state index contributed by atoms with van der Waals surface area (Å²) >= 11 is 0. The predicted molar refractivity (Wildman–Crippen MR) is 122 cm³/mol. The molecule has 0 saturated carbocycles. The third-order valence-electron chi connectivity index (χ3n) is 6.33. The molecule has 1 N–H and O–H groups in total. The van der Waals surface area contributed by atoms with Crippen molar-refractivity contribution in [2.24, 2.45) is 0 Å². The Bertz CT molecular complexity index is 1340. The highest BCUT2D eigenvalue weighted by molar-refractivity contribution is 5.83. The van der Waals surface area contributed by atoms with Gasteiger partial charge in [-0.2, -0.15) is 0 Å². The van der Waals surface area contributed by atoms with Crippen LogP contribution in [-0.4, -0.2) is 56.4 Å². The summed E-state index contributed by atoms with van der Waals surface area (Å²) in [5, 5.41) is 13.4. The minimum absolute atomic E-state index is 0.163. The van der Waals surface area contributed by atoms with E-state index in [9.17, 15) is 9.18 Å². The van der Waals surface area contributed by atoms with Crippen LogP contribution in [0, 0.1) is 19.7 Å². The Morgan fingerprint density at radius 2 is 1.88 bits per heavy atom. The highest BCUT2D eigenvalue weighted by Crippen LogP contribution is 2.28. The highest BCUT2D eigenvalue weighted by atomic mass is 19.1. The van der Waals surface area contributed by atoms with Crippen molar-refractivity contribution in [2.45, 2.75) is 26.4 Å². The van der Waals surface area contributed by atoms with Crippen LogP contribution in [0.2, 0.25) is 0 Å². The SMILES string of the molecule is Cc1ccc2cc([C@H](c3nnnn3Cc3ccc(F)cc3)N3CCOCC3)c(=O)[nH]c2c1C. The van der Waals surface area contributed by atoms with E-state index >= 15 is 0 Å². The van der Waals surface area contributed by atoms with Crippen LogP contribution in [0.25, 0.3) is 10.9 Å². The number of nitrogens with zero attached hydrogens (tertiary/aromatic N) is 5. The number of tetrazole rings is 1. The first-order valence-corrected chi connectivity index (χ1v) is 11.0. The molecule has 0 spiro atoms. The van der Waals surface area contributed by atoms with E-state index in [2.05, 4.69) is 31.5 Å². The summed E-state index contributed by atoms with van der Waals surface area (Å²) in [7, 11) is 0. The smallest absolute Gasteiger partial charge is 0.253 e. The second kappa shape index (κ2) is 8.84. The molecule has 1 saturated heterocycles. The fourth-order valence-electron chi connectivity index (χ4n) is 4.36. The number of H-pyrrole nitrogens is 1. The van der Waals surface area contributed by atoms with Crippen LogP contribution < -0.4 is 5.56 Å². The molecular formula is C24H25FN6O2. The molecule has 8 nitrogen and oxygen atoms in total. The lowest BCUT2D eigenvalue weighted by molar-refractivity contribution is 0.0214. The van der Waals surface area contributed by atoms with Gasteiger partial charge in [-0.05, 0) is 64.5 Å². The van der Waals surface area contributed by atoms with Gasteiger partial charge in [-0.25, -0.2) is 9.07 Å². The van der Waals surface area contributed by atoms with Crippen molar-refractivity contribution >= 4 is 10.9 Å². The van der Waals surface area contributed by atoms with E-state index in [-0.39, 0.29) is 11.4 Å². The Morgan fingerprint density at radius 1 is 1.12 bits per heavy atom. The lowest BCUT2D eigenvalue weighted by Crippen LogP contribution is -2.42. The third-order valence-corrected chi connectivity index (χ3v) is 6.33. The second-order valence-electron chi connectivity index (χ2n) is 8.40. The first kappa shape index (κ1) is 21.4. The number of fused-ring (bicyclic) bond motifs is 1. The number of hydrogen-bond acceptors (Lipinski definition) is 6. The molecular weight excluding hydrogens is 423 g/mol. The summed E-state index contributed by atoms with van der Waals surface area (Å²) in [6.45, 7) is 6.85. The molecule has 9 heteroatoms. The maximum Gasteiger partial charge on any atom is 0.253 e. The molecule has 0 bridgehead atoms. The van der Waals surface area contributed by atoms with Crippen LogP contribution in [-0.2, 0) is 11.3 Å². The van der Waals surface area contributed by atoms with Crippen molar-refractivity contribution < 1.29 is 9.13 Å². The predicted octanol–water partition coefficient (Wildman–Crippen LogP) is 2.74. The molecule has 1 atom stereocenters. The molecule has 33 heavy (non-hydrogen) atoms. The molecule has 2 aromatic carbocycles. The number of aryl methyl sites for hydroxylation is 2. The van der Waals surface area contributed by atoms with Crippen molar-refractivity contribution in [1.82, 2.24) is 30.1 Å². The van der Waals surface area contributed by atoms with Gasteiger partial charge < -0.3 is 9.72 Å². The Morgan fingerprint density at radius 3 is 2.64 bits per heavy atom. The van der Waals surface area contributed by atoms with Crippen molar-refractivity contribution in [2.75, 3.05) is 26.3 Å². The molecule has 3 heterocycles. The van der Waals surface area contributed by atoms with Crippen LogP contribution in [0.4, 0.5) is 4.39 Å². The zero-order chi connectivity index (χ0) is 22.9. The Kier molecular flexibility index (Phi) is 5.74. The van der Waals surface area contributed by atoms with Gasteiger partial charge in [-0.15, -0.1) is 5.10 Å². The molecule has 5 rings (SSSR count). The number of aromatic amines is 1. The Labute approximate surface area is 190 Å². The molecule has 1 fully saturated rings. The van der Waals surface area contributed by atoms with E-state index in [1.807, 2.05) is 26.0 Å². The highest BCUT2D eigenvalue weighted by Gasteiger charge is 2.31. The molecule has 4 aromatic rings. The number of nitrogens with one attached hydrogen (secondary N) is 1. The quantitative estimate of drug-likeness (QED) is 0.505. The number of rotatable bonds is 5. The minimum atomic E-state index is -0.445. The van der Waals surface area contributed by atoms with Gasteiger partial charge in [-0.1, -0.05) is 24.3 Å². The largest absolute Gasteiger partial charge is 0.379 e. The van der Waals surface area contributed by atoms with Gasteiger partial charge in [0, 0.05) is 18.7 Å². The van der Waals surface area contributed by atoms with Crippen molar-refractivity contribution in [1.29, 1.82) is 0 Å². The van der Waals surface area contributed by atoms with Gasteiger partial charge in [0.2, 0.25) is 0 Å². The summed E-state index contributed by atoms with van der Waals surface area (Å²) in [6, 6.07) is 11.8. The van der Waals surface area contributed by atoms with Gasteiger partial charge in [0.15, 0.2) is 5.82 Å². The summed E-state index contributed by atoms with van der Waals surface area (Å²) in [5.41, 5.74) is 4.31. The maximum atomic E-state index is 13.4. The van der Waals surface area contributed by atoms with Crippen molar-refractivity contribution in [3.8, 4) is 0 Å². The average molecular weight is 449 g/mol. The van der Waals surface area contributed by atoms with E-state index in [1.165, 1.54) is 12.1 Å². The number of morpholine rings is 1. The molecule has 1 aliphatic heterocycles. The summed E-state index contributed by atoms with van der Waals surface area (Å²) in [6.07, 6.45) is 0. The second-order valence-corrected chi connectivity index (χ2v) is 8.40. The molecule has 170 valence electrons. The normalized spacial score (nSPS) is 15.7. The van der Waals surface area contributed by atoms with Crippen LogP contribution >= 0.6 is 0 Å². The number of hydrogen-bond donors (Lipinski definition) is 1. The summed E-state index contributed by atoms with van der Waals surface area (Å²) < 4.78 is 20.6. The van der Waals surface area contributed by atoms with Crippen LogP contribution in [0.3, 0.4) is 0 Å². The van der Waals surface area contributed by atoms with E-state index in [0.29, 0.717) is 44.2 Å². The van der Waals surface area contributed by atoms with Gasteiger partial charge in [0.25, 0.3) is 5.56 Å². The fraction of sp³-hybridized carbons (Fsp3) is 0.333. The Balaban J connectivity index is 1.62. The molecule has 0 aliphatic carbocycles. The zero-order valence-corrected chi connectivity index (χ0v) is 18.6. The standard InChI is InChI=1S/C24H25FN6O2/c1-15-3-6-18-13-20(24(32)26-21(18)16(15)2)22(30-9-11-33-12-10-30)23-27-28-29-31(23)14-17-4-7-19(25)8-5-17/h3-8,13,22H,9-12,14H2,1-2H3,(H,26,32)/t22-/m1/s1. The van der Waals surface area contributed by atoms with Gasteiger partial charge >= 0.3 is 0 Å². The first-order valence-electron chi connectivity index (χ1n) is 11.0. The third kappa shape index (κ3) is 4.17. The molecule has 0 radical (unpaired) electrons. The molecule has 1 aliphatic rings. The van der Waals surface area contributed by atoms with E-state index in [4.69, 9.17) is 4.74 Å². The number of benzene rings is 2. The lowest BCUT2D eigenvalue weighted by Gasteiger charge is -2.33. The van der Waals surface area contributed by atoms with Gasteiger partial charge in [0.1, 0.15) is 11.9 Å². The monoisotopic (exact) mass is 448 g/mol. The minimum Gasteiger partial charge on any atom is -0.379 e. The lowest BCUT2D eigenvalue weighted by atomic mass is 10.00. The van der Waals surface area contributed by atoms with Crippen LogP contribution in [0.5, 0.6) is 0 Å².